The van der Waals surface area contributed by atoms with Crippen molar-refractivity contribution < 1.29 is 4.79 Å². The van der Waals surface area contributed by atoms with Gasteiger partial charge in [0.05, 0.1) is 5.56 Å². The van der Waals surface area contributed by atoms with Crippen LogP contribution in [0.15, 0.2) is 48.8 Å². The number of benzene rings is 1. The van der Waals surface area contributed by atoms with Gasteiger partial charge in [0.25, 0.3) is 5.91 Å². The van der Waals surface area contributed by atoms with E-state index in [0.29, 0.717) is 5.92 Å². The number of hydrogen-bond acceptors (Lipinski definition) is 1. The molecule has 25 heavy (non-hydrogen) atoms. The summed E-state index contributed by atoms with van der Waals surface area (Å²) in [6, 6.07) is 12.6. The Labute approximate surface area is 151 Å². The molecule has 1 aromatic heterocycles. The summed E-state index contributed by atoms with van der Waals surface area (Å²) in [5.41, 5.74) is 2.23. The van der Waals surface area contributed by atoms with Gasteiger partial charge in [0.2, 0.25) is 0 Å². The summed E-state index contributed by atoms with van der Waals surface area (Å²) in [5, 5.41) is 0. The van der Waals surface area contributed by atoms with Crippen LogP contribution in [-0.4, -0.2) is 28.5 Å². The molecular weight excluding hydrogens is 308 g/mol. The fourth-order valence-electron chi connectivity index (χ4n) is 3.62. The third-order valence-corrected chi connectivity index (χ3v) is 5.20. The van der Waals surface area contributed by atoms with E-state index in [9.17, 15) is 4.79 Å². The molecule has 0 saturated carbocycles. The average Bonchev–Trinajstić information content (AvgIpc) is 3.11. The predicted molar refractivity (Wildman–Crippen MR) is 103 cm³/mol. The molecule has 1 atom stereocenters. The van der Waals surface area contributed by atoms with Crippen LogP contribution in [0.2, 0.25) is 0 Å². The van der Waals surface area contributed by atoms with Crippen molar-refractivity contribution in [1.29, 1.82) is 0 Å². The van der Waals surface area contributed by atoms with Crippen molar-refractivity contribution in [3.8, 4) is 0 Å². The lowest BCUT2D eigenvalue weighted by atomic mass is 9.91. The minimum absolute atomic E-state index is 0.0125. The van der Waals surface area contributed by atoms with Crippen molar-refractivity contribution >= 4 is 5.91 Å². The number of carbonyl (C=O) groups excluding carboxylic acids is 1. The van der Waals surface area contributed by atoms with Gasteiger partial charge in [-0.1, -0.05) is 30.3 Å². The van der Waals surface area contributed by atoms with Gasteiger partial charge in [-0.05, 0) is 64.0 Å². The molecule has 1 aliphatic heterocycles. The van der Waals surface area contributed by atoms with Crippen LogP contribution in [-0.2, 0) is 12.0 Å². The number of likely N-dealkylation sites (tertiary alicyclic amines) is 1. The fourth-order valence-corrected chi connectivity index (χ4v) is 3.62. The van der Waals surface area contributed by atoms with Gasteiger partial charge in [-0.3, -0.25) is 4.79 Å². The molecule has 1 aromatic carbocycles. The molecule has 134 valence electrons. The summed E-state index contributed by atoms with van der Waals surface area (Å²) in [5.74, 6) is 0.801. The molecule has 0 radical (unpaired) electrons. The largest absolute Gasteiger partial charge is 0.348 e. The zero-order chi connectivity index (χ0) is 17.9. The van der Waals surface area contributed by atoms with Gasteiger partial charge in [0.1, 0.15) is 0 Å². The maximum absolute atomic E-state index is 12.9. The second-order valence-corrected chi connectivity index (χ2v) is 8.26. The first-order valence-electron chi connectivity index (χ1n) is 9.45. The van der Waals surface area contributed by atoms with Crippen LogP contribution in [0.5, 0.6) is 0 Å². The van der Waals surface area contributed by atoms with Crippen LogP contribution >= 0.6 is 0 Å². The highest BCUT2D eigenvalue weighted by Gasteiger charge is 2.25. The van der Waals surface area contributed by atoms with Crippen LogP contribution in [0.4, 0.5) is 0 Å². The van der Waals surface area contributed by atoms with E-state index in [2.05, 4.69) is 60.6 Å². The standard InChI is InChI=1S/C22H30N2O/c1-22(2,3)24-15-13-20(17-24)21(25)23-14-7-10-19(16-23)12-11-18-8-5-4-6-9-18/h4-6,8-9,13,15,17,19H,7,10-12,14,16H2,1-3H3. The maximum Gasteiger partial charge on any atom is 0.255 e. The summed E-state index contributed by atoms with van der Waals surface area (Å²) in [6.45, 7) is 8.25. The zero-order valence-electron chi connectivity index (χ0n) is 15.7. The Kier molecular flexibility index (Phi) is 5.31. The Balaban J connectivity index is 1.59. The van der Waals surface area contributed by atoms with E-state index >= 15 is 0 Å². The minimum Gasteiger partial charge on any atom is -0.348 e. The third-order valence-electron chi connectivity index (χ3n) is 5.20. The Morgan fingerprint density at radius 2 is 1.92 bits per heavy atom. The Hall–Kier alpha value is -2.03. The number of aromatic nitrogens is 1. The number of carbonyl (C=O) groups is 1. The number of aryl methyl sites for hydroxylation is 1. The first-order valence-corrected chi connectivity index (χ1v) is 9.45. The van der Waals surface area contributed by atoms with Gasteiger partial charge in [-0.2, -0.15) is 0 Å². The Morgan fingerprint density at radius 1 is 1.16 bits per heavy atom. The molecule has 2 aromatic rings. The van der Waals surface area contributed by atoms with Gasteiger partial charge in [-0.15, -0.1) is 0 Å². The Morgan fingerprint density at radius 3 is 2.60 bits per heavy atom. The first-order chi connectivity index (χ1) is 11.9. The van der Waals surface area contributed by atoms with E-state index in [1.165, 1.54) is 12.0 Å². The number of nitrogens with zero attached hydrogens (tertiary/aromatic N) is 2. The topological polar surface area (TPSA) is 25.2 Å². The molecule has 1 fully saturated rings. The smallest absolute Gasteiger partial charge is 0.255 e. The highest BCUT2D eigenvalue weighted by atomic mass is 16.2. The van der Waals surface area contributed by atoms with E-state index in [4.69, 9.17) is 0 Å². The van der Waals surface area contributed by atoms with Crippen molar-refractivity contribution in [1.82, 2.24) is 9.47 Å². The summed E-state index contributed by atoms with van der Waals surface area (Å²) in [6.07, 6.45) is 8.63. The molecule has 0 N–H and O–H groups in total. The van der Waals surface area contributed by atoms with Crippen molar-refractivity contribution in [3.05, 3.63) is 59.9 Å². The molecule has 3 heteroatoms. The van der Waals surface area contributed by atoms with Gasteiger partial charge in [0, 0.05) is 31.0 Å². The highest BCUT2D eigenvalue weighted by Crippen LogP contribution is 2.24. The molecule has 1 amide bonds. The van der Waals surface area contributed by atoms with E-state index < -0.39 is 0 Å². The molecule has 0 bridgehead atoms. The first kappa shape index (κ1) is 17.8. The van der Waals surface area contributed by atoms with Crippen LogP contribution in [0, 0.1) is 5.92 Å². The van der Waals surface area contributed by atoms with Crippen LogP contribution in [0.25, 0.3) is 0 Å². The number of hydrogen-bond donors (Lipinski definition) is 0. The molecule has 1 unspecified atom stereocenters. The third kappa shape index (κ3) is 4.53. The zero-order valence-corrected chi connectivity index (χ0v) is 15.7. The molecule has 0 spiro atoms. The highest BCUT2D eigenvalue weighted by molar-refractivity contribution is 5.94. The van der Waals surface area contributed by atoms with Gasteiger partial charge < -0.3 is 9.47 Å². The van der Waals surface area contributed by atoms with E-state index in [0.717, 1.165) is 37.9 Å². The van der Waals surface area contributed by atoms with E-state index in [1.54, 1.807) is 0 Å². The lowest BCUT2D eigenvalue weighted by molar-refractivity contribution is 0.0668. The van der Waals surface area contributed by atoms with E-state index in [-0.39, 0.29) is 11.4 Å². The van der Waals surface area contributed by atoms with Crippen molar-refractivity contribution in [3.63, 3.8) is 0 Å². The summed E-state index contributed by atoms with van der Waals surface area (Å²) < 4.78 is 2.12. The molecule has 1 saturated heterocycles. The SMILES string of the molecule is CC(C)(C)n1ccc(C(=O)N2CCCC(CCc3ccccc3)C2)c1. The predicted octanol–water partition coefficient (Wildman–Crippen LogP) is 4.73. The van der Waals surface area contributed by atoms with Crippen molar-refractivity contribution in [2.24, 2.45) is 5.92 Å². The van der Waals surface area contributed by atoms with Crippen LogP contribution in [0.3, 0.4) is 0 Å². The van der Waals surface area contributed by atoms with Gasteiger partial charge in [-0.25, -0.2) is 0 Å². The minimum atomic E-state index is 0.0125. The molecular formula is C22H30N2O. The summed E-state index contributed by atoms with van der Waals surface area (Å²) >= 11 is 0. The van der Waals surface area contributed by atoms with Gasteiger partial charge >= 0.3 is 0 Å². The molecule has 3 nitrogen and oxygen atoms in total. The summed E-state index contributed by atoms with van der Waals surface area (Å²) in [4.78, 5) is 14.9. The lowest BCUT2D eigenvalue weighted by Gasteiger charge is -2.32. The maximum atomic E-state index is 12.9. The summed E-state index contributed by atoms with van der Waals surface area (Å²) in [7, 11) is 0. The average molecular weight is 338 g/mol. The van der Waals surface area contributed by atoms with Crippen LogP contribution < -0.4 is 0 Å². The number of rotatable bonds is 4. The van der Waals surface area contributed by atoms with Crippen molar-refractivity contribution in [2.45, 2.75) is 52.0 Å². The molecule has 2 heterocycles. The second kappa shape index (κ2) is 7.47. The normalized spacial score (nSPS) is 18.4. The van der Waals surface area contributed by atoms with Crippen LogP contribution in [0.1, 0.15) is 56.0 Å². The monoisotopic (exact) mass is 338 g/mol. The second-order valence-electron chi connectivity index (χ2n) is 8.26. The number of piperidine rings is 1. The Bertz CT molecular complexity index is 696. The van der Waals surface area contributed by atoms with E-state index in [1.807, 2.05) is 18.5 Å². The molecule has 1 aliphatic rings. The van der Waals surface area contributed by atoms with Gasteiger partial charge in [0.15, 0.2) is 0 Å². The van der Waals surface area contributed by atoms with Crippen molar-refractivity contribution in [2.75, 3.05) is 13.1 Å². The molecule has 3 rings (SSSR count). The lowest BCUT2D eigenvalue weighted by Crippen LogP contribution is -2.40. The fraction of sp³-hybridized carbons (Fsp3) is 0.500. The quantitative estimate of drug-likeness (QED) is 0.791. The molecule has 0 aliphatic carbocycles. The number of amides is 1.